The number of hydrogen-bond acceptors (Lipinski definition) is 3. The monoisotopic (exact) mass is 331 g/mol. The van der Waals surface area contributed by atoms with Gasteiger partial charge in [-0.25, -0.2) is 0 Å². The molecule has 2 heterocycles. The second-order valence-corrected chi connectivity index (χ2v) is 5.91. The van der Waals surface area contributed by atoms with Crippen LogP contribution in [-0.2, 0) is 7.05 Å². The summed E-state index contributed by atoms with van der Waals surface area (Å²) in [6.45, 7) is 0. The Bertz CT molecular complexity index is 985. The number of aromatic nitrogens is 2. The minimum absolute atomic E-state index is 0.192. The van der Waals surface area contributed by atoms with E-state index in [0.29, 0.717) is 11.3 Å². The Morgan fingerprint density at radius 1 is 1.12 bits per heavy atom. The Kier molecular flexibility index (Phi) is 3.82. The molecule has 124 valence electrons. The Hall–Kier alpha value is -3.34. The first kappa shape index (κ1) is 15.2. The van der Waals surface area contributed by atoms with Gasteiger partial charge in [-0.1, -0.05) is 48.5 Å². The van der Waals surface area contributed by atoms with Crippen molar-refractivity contribution in [1.29, 1.82) is 0 Å². The van der Waals surface area contributed by atoms with Crippen molar-refractivity contribution in [2.45, 2.75) is 6.04 Å². The van der Waals surface area contributed by atoms with Gasteiger partial charge < -0.3 is 9.73 Å². The summed E-state index contributed by atoms with van der Waals surface area (Å²) in [7, 11) is 1.78. The third kappa shape index (κ3) is 3.04. The molecule has 2 aromatic carbocycles. The van der Waals surface area contributed by atoms with Crippen molar-refractivity contribution in [2.75, 3.05) is 0 Å². The van der Waals surface area contributed by atoms with Gasteiger partial charge in [-0.05, 0) is 17.7 Å². The number of aryl methyl sites for hydroxylation is 1. The summed E-state index contributed by atoms with van der Waals surface area (Å²) in [5.41, 5.74) is 2.27. The molecule has 1 N–H and O–H groups in total. The topological polar surface area (TPSA) is 60.1 Å². The smallest absolute Gasteiger partial charge is 0.255 e. The third-order valence-electron chi connectivity index (χ3n) is 4.10. The highest BCUT2D eigenvalue weighted by Crippen LogP contribution is 2.28. The van der Waals surface area contributed by atoms with Crippen molar-refractivity contribution >= 4 is 16.9 Å². The van der Waals surface area contributed by atoms with E-state index in [1.807, 2.05) is 60.7 Å². The second kappa shape index (κ2) is 6.28. The van der Waals surface area contributed by atoms with Crippen LogP contribution in [0.1, 0.15) is 27.7 Å². The van der Waals surface area contributed by atoms with Crippen molar-refractivity contribution in [3.05, 3.63) is 89.9 Å². The molecule has 0 saturated carbocycles. The van der Waals surface area contributed by atoms with E-state index in [1.165, 1.54) is 0 Å². The quantitative estimate of drug-likeness (QED) is 0.620. The van der Waals surface area contributed by atoms with Crippen LogP contribution in [0, 0.1) is 0 Å². The zero-order chi connectivity index (χ0) is 17.2. The third-order valence-corrected chi connectivity index (χ3v) is 4.10. The molecule has 4 rings (SSSR count). The van der Waals surface area contributed by atoms with Crippen LogP contribution in [0.25, 0.3) is 11.0 Å². The Morgan fingerprint density at radius 3 is 2.60 bits per heavy atom. The predicted octanol–water partition coefficient (Wildman–Crippen LogP) is 3.69. The van der Waals surface area contributed by atoms with Crippen molar-refractivity contribution in [3.8, 4) is 0 Å². The molecule has 0 radical (unpaired) electrons. The largest absolute Gasteiger partial charge is 0.459 e. The number of carbonyl (C=O) groups is 1. The van der Waals surface area contributed by atoms with Crippen LogP contribution >= 0.6 is 0 Å². The zero-order valence-corrected chi connectivity index (χ0v) is 13.7. The molecule has 1 unspecified atom stereocenters. The maximum absolute atomic E-state index is 12.6. The van der Waals surface area contributed by atoms with Crippen LogP contribution in [0.15, 0.2) is 77.5 Å². The molecule has 2 aromatic heterocycles. The maximum atomic E-state index is 12.6. The summed E-state index contributed by atoms with van der Waals surface area (Å²) in [5, 5.41) is 8.12. The van der Waals surface area contributed by atoms with Gasteiger partial charge >= 0.3 is 0 Å². The van der Waals surface area contributed by atoms with E-state index in [0.717, 1.165) is 16.5 Å². The van der Waals surface area contributed by atoms with Crippen LogP contribution in [0.3, 0.4) is 0 Å². The molecular formula is C20H17N3O2. The minimum atomic E-state index is -0.374. The molecule has 1 amide bonds. The average Bonchev–Trinajstić information content (AvgIpc) is 3.26. The molecule has 4 aromatic rings. The lowest BCUT2D eigenvalue weighted by Crippen LogP contribution is -2.28. The van der Waals surface area contributed by atoms with E-state index in [2.05, 4.69) is 10.4 Å². The van der Waals surface area contributed by atoms with Crippen molar-refractivity contribution in [2.24, 2.45) is 7.05 Å². The first-order valence-corrected chi connectivity index (χ1v) is 8.03. The fourth-order valence-corrected chi connectivity index (χ4v) is 2.86. The van der Waals surface area contributed by atoms with Crippen molar-refractivity contribution < 1.29 is 9.21 Å². The van der Waals surface area contributed by atoms with Gasteiger partial charge in [0.15, 0.2) is 0 Å². The van der Waals surface area contributed by atoms with Crippen LogP contribution in [0.2, 0.25) is 0 Å². The Morgan fingerprint density at radius 2 is 1.88 bits per heavy atom. The number of furan rings is 1. The summed E-state index contributed by atoms with van der Waals surface area (Å²) in [6.07, 6.45) is 3.24. The molecule has 0 bridgehead atoms. The van der Waals surface area contributed by atoms with Crippen LogP contribution in [-0.4, -0.2) is 15.7 Å². The zero-order valence-electron chi connectivity index (χ0n) is 13.7. The summed E-state index contributed by atoms with van der Waals surface area (Å²) < 4.78 is 7.60. The summed E-state index contributed by atoms with van der Waals surface area (Å²) in [6, 6.07) is 19.2. The molecule has 0 spiro atoms. The lowest BCUT2D eigenvalue weighted by Gasteiger charge is -2.16. The predicted molar refractivity (Wildman–Crippen MR) is 95.2 cm³/mol. The van der Waals surface area contributed by atoms with Crippen LogP contribution < -0.4 is 5.32 Å². The van der Waals surface area contributed by atoms with Gasteiger partial charge in [0, 0.05) is 18.6 Å². The molecule has 1 atom stereocenters. The number of nitrogens with one attached hydrogen (secondary N) is 1. The molecule has 5 nitrogen and oxygen atoms in total. The van der Waals surface area contributed by atoms with Gasteiger partial charge in [0.05, 0.1) is 11.8 Å². The average molecular weight is 331 g/mol. The number of benzene rings is 2. The molecule has 5 heteroatoms. The fourth-order valence-electron chi connectivity index (χ4n) is 2.86. The number of hydrogen-bond donors (Lipinski definition) is 1. The number of amides is 1. The molecule has 0 saturated heterocycles. The summed E-state index contributed by atoms with van der Waals surface area (Å²) >= 11 is 0. The minimum Gasteiger partial charge on any atom is -0.459 e. The van der Waals surface area contributed by atoms with E-state index in [4.69, 9.17) is 4.42 Å². The van der Waals surface area contributed by atoms with E-state index in [9.17, 15) is 4.79 Å². The molecule has 0 aliphatic rings. The van der Waals surface area contributed by atoms with Gasteiger partial charge in [-0.15, -0.1) is 0 Å². The first-order chi connectivity index (χ1) is 12.2. The van der Waals surface area contributed by atoms with Crippen molar-refractivity contribution in [1.82, 2.24) is 15.1 Å². The molecule has 0 fully saturated rings. The van der Waals surface area contributed by atoms with Crippen molar-refractivity contribution in [3.63, 3.8) is 0 Å². The molecular weight excluding hydrogens is 314 g/mol. The first-order valence-electron chi connectivity index (χ1n) is 8.03. The van der Waals surface area contributed by atoms with E-state index in [1.54, 1.807) is 24.1 Å². The molecule has 25 heavy (non-hydrogen) atoms. The molecule has 0 aliphatic heterocycles. The SMILES string of the molecule is Cn1cc(C(=O)NC(c2ccccc2)c2cc3ccccc3o2)cn1. The number of carbonyl (C=O) groups excluding carboxylic acids is 1. The van der Waals surface area contributed by atoms with E-state index >= 15 is 0 Å². The van der Waals surface area contributed by atoms with Crippen LogP contribution in [0.4, 0.5) is 0 Å². The normalized spacial score (nSPS) is 12.2. The van der Waals surface area contributed by atoms with E-state index < -0.39 is 0 Å². The fraction of sp³-hybridized carbons (Fsp3) is 0.100. The van der Waals surface area contributed by atoms with Crippen LogP contribution in [0.5, 0.6) is 0 Å². The standard InChI is InChI=1S/C20H17N3O2/c1-23-13-16(12-21-23)20(24)22-19(14-7-3-2-4-8-14)18-11-15-9-5-6-10-17(15)25-18/h2-13,19H,1H3,(H,22,24). The highest BCUT2D eigenvalue weighted by atomic mass is 16.3. The number of fused-ring (bicyclic) bond motifs is 1. The summed E-state index contributed by atoms with van der Waals surface area (Å²) in [5.74, 6) is 0.507. The maximum Gasteiger partial charge on any atom is 0.255 e. The lowest BCUT2D eigenvalue weighted by atomic mass is 10.0. The number of nitrogens with zero attached hydrogens (tertiary/aromatic N) is 2. The lowest BCUT2D eigenvalue weighted by molar-refractivity contribution is 0.0939. The van der Waals surface area contributed by atoms with Gasteiger partial charge in [-0.2, -0.15) is 5.10 Å². The molecule has 0 aliphatic carbocycles. The van der Waals surface area contributed by atoms with Gasteiger partial charge in [0.25, 0.3) is 5.91 Å². The van der Waals surface area contributed by atoms with Gasteiger partial charge in [0.2, 0.25) is 0 Å². The second-order valence-electron chi connectivity index (χ2n) is 5.91. The Labute approximate surface area is 144 Å². The number of para-hydroxylation sites is 1. The highest BCUT2D eigenvalue weighted by molar-refractivity contribution is 5.94. The highest BCUT2D eigenvalue weighted by Gasteiger charge is 2.22. The van der Waals surface area contributed by atoms with E-state index in [-0.39, 0.29) is 11.9 Å². The van der Waals surface area contributed by atoms with Gasteiger partial charge in [0.1, 0.15) is 17.4 Å². The van der Waals surface area contributed by atoms with Gasteiger partial charge in [-0.3, -0.25) is 9.48 Å². The summed E-state index contributed by atoms with van der Waals surface area (Å²) in [4.78, 5) is 12.6. The number of rotatable bonds is 4. The Balaban J connectivity index is 1.72.